The van der Waals surface area contributed by atoms with E-state index < -0.39 is 0 Å². The van der Waals surface area contributed by atoms with Crippen LogP contribution in [0.3, 0.4) is 0 Å². The van der Waals surface area contributed by atoms with Gasteiger partial charge in [0, 0.05) is 12.1 Å². The molecule has 1 radical (unpaired) electrons. The van der Waals surface area contributed by atoms with E-state index in [0.29, 0.717) is 6.61 Å². The number of rotatable bonds is 3. The molecule has 1 aliphatic rings. The standard InChI is InChI=1S/C19H20NO/c1-20(2)13-7-11-17-16-9-4-3-8-15(16)14-21-19-12-6-5-10-18(17)19/h3-4,6,8-12H,7,13-14H2,1-2H3/b17-11-. The van der Waals surface area contributed by atoms with Gasteiger partial charge in [0.15, 0.2) is 0 Å². The van der Waals surface area contributed by atoms with Crippen molar-refractivity contribution in [1.82, 2.24) is 4.90 Å². The molecule has 0 aromatic heterocycles. The summed E-state index contributed by atoms with van der Waals surface area (Å²) in [5.74, 6) is 0.945. The SMILES string of the molecule is CN(C)CC/C=C1/c2ccccc2COc2cc[c]cc21. The normalized spacial score (nSPS) is 15.3. The Hall–Kier alpha value is -2.06. The van der Waals surface area contributed by atoms with Gasteiger partial charge in [0.05, 0.1) is 0 Å². The van der Waals surface area contributed by atoms with Gasteiger partial charge in [0.1, 0.15) is 12.4 Å². The minimum absolute atomic E-state index is 0.623. The smallest absolute Gasteiger partial charge is 0.127 e. The van der Waals surface area contributed by atoms with E-state index in [9.17, 15) is 0 Å². The molecule has 2 nitrogen and oxygen atoms in total. The van der Waals surface area contributed by atoms with Gasteiger partial charge in [-0.1, -0.05) is 36.4 Å². The highest BCUT2D eigenvalue weighted by Crippen LogP contribution is 2.36. The molecule has 3 rings (SSSR count). The van der Waals surface area contributed by atoms with E-state index >= 15 is 0 Å². The lowest BCUT2D eigenvalue weighted by Crippen LogP contribution is -2.12. The molecule has 0 amide bonds. The summed E-state index contributed by atoms with van der Waals surface area (Å²) in [6, 6.07) is 17.6. The van der Waals surface area contributed by atoms with Gasteiger partial charge in [0.25, 0.3) is 0 Å². The molecule has 21 heavy (non-hydrogen) atoms. The molecular formula is C19H20NO. The van der Waals surface area contributed by atoms with Crippen LogP contribution in [0.4, 0.5) is 0 Å². The molecule has 1 heterocycles. The molecule has 0 saturated heterocycles. The van der Waals surface area contributed by atoms with E-state index in [2.05, 4.69) is 55.4 Å². The Kier molecular flexibility index (Phi) is 4.07. The lowest BCUT2D eigenvalue weighted by atomic mass is 9.93. The second kappa shape index (κ2) is 6.15. The average molecular weight is 278 g/mol. The maximum Gasteiger partial charge on any atom is 0.127 e. The Morgan fingerprint density at radius 3 is 2.90 bits per heavy atom. The fourth-order valence-corrected chi connectivity index (χ4v) is 2.65. The van der Waals surface area contributed by atoms with E-state index in [1.807, 2.05) is 18.2 Å². The number of hydrogen-bond acceptors (Lipinski definition) is 2. The quantitative estimate of drug-likeness (QED) is 0.847. The molecule has 0 atom stereocenters. The maximum absolute atomic E-state index is 5.96. The van der Waals surface area contributed by atoms with Gasteiger partial charge < -0.3 is 9.64 Å². The Bertz CT molecular complexity index is 609. The van der Waals surface area contributed by atoms with Crippen molar-refractivity contribution in [2.75, 3.05) is 20.6 Å². The first-order chi connectivity index (χ1) is 10.3. The van der Waals surface area contributed by atoms with E-state index in [1.54, 1.807) is 0 Å². The van der Waals surface area contributed by atoms with Crippen molar-refractivity contribution in [3.8, 4) is 5.75 Å². The zero-order chi connectivity index (χ0) is 14.7. The first kappa shape index (κ1) is 13.9. The fraction of sp³-hybridized carbons (Fsp3) is 0.263. The molecule has 107 valence electrons. The summed E-state index contributed by atoms with van der Waals surface area (Å²) in [5, 5.41) is 0. The van der Waals surface area contributed by atoms with Crippen LogP contribution in [0.25, 0.3) is 5.57 Å². The van der Waals surface area contributed by atoms with Crippen LogP contribution in [0.1, 0.15) is 23.1 Å². The molecule has 0 saturated carbocycles. The molecule has 2 aromatic rings. The summed E-state index contributed by atoms with van der Waals surface area (Å²) < 4.78 is 5.96. The van der Waals surface area contributed by atoms with Crippen LogP contribution in [0.2, 0.25) is 0 Å². The van der Waals surface area contributed by atoms with Crippen molar-refractivity contribution < 1.29 is 4.74 Å². The molecule has 0 N–H and O–H groups in total. The molecule has 1 aliphatic heterocycles. The molecule has 0 bridgehead atoms. The zero-order valence-electron chi connectivity index (χ0n) is 12.6. The predicted octanol–water partition coefficient (Wildman–Crippen LogP) is 3.76. The number of benzene rings is 2. The predicted molar refractivity (Wildman–Crippen MR) is 86.3 cm³/mol. The number of nitrogens with zero attached hydrogens (tertiary/aromatic N) is 1. The fourth-order valence-electron chi connectivity index (χ4n) is 2.65. The highest BCUT2D eigenvalue weighted by Gasteiger charge is 2.17. The Morgan fingerprint density at radius 2 is 2.05 bits per heavy atom. The summed E-state index contributed by atoms with van der Waals surface area (Å²) in [5.41, 5.74) is 4.91. The molecule has 0 spiro atoms. The third-order valence-corrected chi connectivity index (χ3v) is 3.73. The van der Waals surface area contributed by atoms with Crippen molar-refractivity contribution >= 4 is 5.57 Å². The van der Waals surface area contributed by atoms with Gasteiger partial charge in [-0.3, -0.25) is 0 Å². The largest absolute Gasteiger partial charge is 0.488 e. The lowest BCUT2D eigenvalue weighted by molar-refractivity contribution is 0.307. The summed E-state index contributed by atoms with van der Waals surface area (Å²) in [7, 11) is 4.20. The second-order valence-corrected chi connectivity index (χ2v) is 5.58. The summed E-state index contributed by atoms with van der Waals surface area (Å²) in [6.45, 7) is 1.66. The van der Waals surface area contributed by atoms with E-state index in [-0.39, 0.29) is 0 Å². The molecule has 0 fully saturated rings. The van der Waals surface area contributed by atoms with Gasteiger partial charge >= 0.3 is 0 Å². The minimum Gasteiger partial charge on any atom is -0.488 e. The topological polar surface area (TPSA) is 12.5 Å². The van der Waals surface area contributed by atoms with Crippen molar-refractivity contribution in [1.29, 1.82) is 0 Å². The summed E-state index contributed by atoms with van der Waals surface area (Å²) in [4.78, 5) is 2.20. The summed E-state index contributed by atoms with van der Waals surface area (Å²) in [6.07, 6.45) is 3.34. The highest BCUT2D eigenvalue weighted by molar-refractivity contribution is 5.84. The zero-order valence-corrected chi connectivity index (χ0v) is 12.6. The van der Waals surface area contributed by atoms with Crippen LogP contribution in [0.5, 0.6) is 5.75 Å². The van der Waals surface area contributed by atoms with Crippen LogP contribution in [-0.2, 0) is 6.61 Å². The lowest BCUT2D eigenvalue weighted by Gasteiger charge is -2.12. The van der Waals surface area contributed by atoms with Crippen molar-refractivity contribution in [2.24, 2.45) is 0 Å². The molecule has 0 aliphatic carbocycles. The molecule has 2 aromatic carbocycles. The van der Waals surface area contributed by atoms with E-state index in [4.69, 9.17) is 4.74 Å². The molecular weight excluding hydrogens is 258 g/mol. The van der Waals surface area contributed by atoms with Crippen molar-refractivity contribution in [3.05, 3.63) is 71.3 Å². The monoisotopic (exact) mass is 278 g/mol. The Labute approximate surface area is 126 Å². The van der Waals surface area contributed by atoms with Crippen LogP contribution < -0.4 is 4.74 Å². The number of fused-ring (bicyclic) bond motifs is 2. The van der Waals surface area contributed by atoms with E-state index in [1.165, 1.54) is 16.7 Å². The minimum atomic E-state index is 0.623. The third kappa shape index (κ3) is 3.01. The number of ether oxygens (including phenoxy) is 1. The number of hydrogen-bond donors (Lipinski definition) is 0. The Balaban J connectivity index is 2.07. The first-order valence-electron chi connectivity index (χ1n) is 7.32. The van der Waals surface area contributed by atoms with Crippen LogP contribution >= 0.6 is 0 Å². The second-order valence-electron chi connectivity index (χ2n) is 5.58. The van der Waals surface area contributed by atoms with Gasteiger partial charge in [-0.15, -0.1) is 0 Å². The van der Waals surface area contributed by atoms with E-state index in [0.717, 1.165) is 24.3 Å². The highest BCUT2D eigenvalue weighted by atomic mass is 16.5. The summed E-state index contributed by atoms with van der Waals surface area (Å²) >= 11 is 0. The van der Waals surface area contributed by atoms with Crippen LogP contribution in [-0.4, -0.2) is 25.5 Å². The van der Waals surface area contributed by atoms with Gasteiger partial charge in [-0.25, -0.2) is 0 Å². The average Bonchev–Trinajstić information content (AvgIpc) is 2.65. The molecule has 0 unspecified atom stereocenters. The Morgan fingerprint density at radius 1 is 1.19 bits per heavy atom. The van der Waals surface area contributed by atoms with Gasteiger partial charge in [0.2, 0.25) is 0 Å². The first-order valence-corrected chi connectivity index (χ1v) is 7.32. The van der Waals surface area contributed by atoms with Crippen LogP contribution in [0, 0.1) is 6.07 Å². The molecule has 2 heteroatoms. The van der Waals surface area contributed by atoms with Crippen molar-refractivity contribution in [3.63, 3.8) is 0 Å². The van der Waals surface area contributed by atoms with Gasteiger partial charge in [-0.05, 0) is 55.4 Å². The van der Waals surface area contributed by atoms with Crippen LogP contribution in [0.15, 0.2) is 48.5 Å². The van der Waals surface area contributed by atoms with Crippen molar-refractivity contribution in [2.45, 2.75) is 13.0 Å². The third-order valence-electron chi connectivity index (χ3n) is 3.73. The van der Waals surface area contributed by atoms with Gasteiger partial charge in [-0.2, -0.15) is 0 Å². The maximum atomic E-state index is 5.96.